The molecule has 1 saturated heterocycles. The van der Waals surface area contributed by atoms with Crippen molar-refractivity contribution in [2.24, 2.45) is 0 Å². The Hall–Kier alpha value is -1.78. The molecule has 2 amide bonds. The third-order valence-corrected chi connectivity index (χ3v) is 3.13. The van der Waals surface area contributed by atoms with Crippen molar-refractivity contribution in [1.82, 2.24) is 10.2 Å². The second kappa shape index (κ2) is 5.71. The highest BCUT2D eigenvalue weighted by Crippen LogP contribution is 2.10. The van der Waals surface area contributed by atoms with Gasteiger partial charge in [0.25, 0.3) is 5.91 Å². The number of carbonyl (C=O) groups is 2. The zero-order chi connectivity index (χ0) is 13.0. The summed E-state index contributed by atoms with van der Waals surface area (Å²) in [5.74, 6) is 0.403. The quantitative estimate of drug-likeness (QED) is 0.802. The summed E-state index contributed by atoms with van der Waals surface area (Å²) >= 11 is 0. The molecule has 0 atom stereocenters. The first-order chi connectivity index (χ1) is 8.68. The molecule has 18 heavy (non-hydrogen) atoms. The van der Waals surface area contributed by atoms with Gasteiger partial charge in [-0.05, 0) is 25.8 Å². The zero-order valence-electron chi connectivity index (χ0n) is 10.6. The van der Waals surface area contributed by atoms with E-state index < -0.39 is 0 Å². The van der Waals surface area contributed by atoms with E-state index in [1.54, 1.807) is 6.07 Å². The van der Waals surface area contributed by atoms with E-state index in [1.165, 1.54) is 6.26 Å². The van der Waals surface area contributed by atoms with Crippen LogP contribution in [0.15, 0.2) is 16.7 Å². The molecular weight excluding hydrogens is 232 g/mol. The Kier molecular flexibility index (Phi) is 4.02. The molecule has 5 heteroatoms. The molecule has 0 aliphatic carbocycles. The van der Waals surface area contributed by atoms with Crippen LogP contribution >= 0.6 is 0 Å². The van der Waals surface area contributed by atoms with Gasteiger partial charge in [0.1, 0.15) is 0 Å². The van der Waals surface area contributed by atoms with Crippen molar-refractivity contribution in [2.75, 3.05) is 19.6 Å². The number of furan rings is 1. The number of nitrogens with one attached hydrogen (secondary N) is 1. The topological polar surface area (TPSA) is 62.6 Å². The summed E-state index contributed by atoms with van der Waals surface area (Å²) in [6.07, 6.45) is 3.90. The van der Waals surface area contributed by atoms with Crippen LogP contribution in [0, 0.1) is 6.92 Å². The van der Waals surface area contributed by atoms with Crippen LogP contribution in [0.1, 0.15) is 35.4 Å². The molecule has 1 fully saturated rings. The van der Waals surface area contributed by atoms with Gasteiger partial charge in [-0.15, -0.1) is 0 Å². The van der Waals surface area contributed by atoms with Crippen LogP contribution in [0.2, 0.25) is 0 Å². The first-order valence-corrected chi connectivity index (χ1v) is 6.28. The van der Waals surface area contributed by atoms with E-state index in [-0.39, 0.29) is 11.8 Å². The molecule has 0 bridgehead atoms. The van der Waals surface area contributed by atoms with Crippen LogP contribution < -0.4 is 5.32 Å². The Morgan fingerprint density at radius 1 is 1.56 bits per heavy atom. The molecule has 1 N–H and O–H groups in total. The fraction of sp³-hybridized carbons (Fsp3) is 0.538. The van der Waals surface area contributed by atoms with E-state index in [9.17, 15) is 9.59 Å². The highest BCUT2D eigenvalue weighted by atomic mass is 16.3. The van der Waals surface area contributed by atoms with Crippen molar-refractivity contribution in [3.05, 3.63) is 23.7 Å². The van der Waals surface area contributed by atoms with Crippen LogP contribution in [0.25, 0.3) is 0 Å². The molecule has 0 aromatic carbocycles. The number of aryl methyl sites for hydroxylation is 1. The lowest BCUT2D eigenvalue weighted by molar-refractivity contribution is -0.127. The van der Waals surface area contributed by atoms with Gasteiger partial charge in [-0.3, -0.25) is 9.59 Å². The van der Waals surface area contributed by atoms with Gasteiger partial charge in [-0.25, -0.2) is 0 Å². The van der Waals surface area contributed by atoms with Crippen molar-refractivity contribution in [3.63, 3.8) is 0 Å². The van der Waals surface area contributed by atoms with E-state index in [0.29, 0.717) is 18.7 Å². The van der Waals surface area contributed by atoms with Crippen LogP contribution in [-0.4, -0.2) is 36.3 Å². The average molecular weight is 250 g/mol. The van der Waals surface area contributed by atoms with Gasteiger partial charge in [0, 0.05) is 31.6 Å². The Bertz CT molecular complexity index is 439. The highest BCUT2D eigenvalue weighted by Gasteiger charge is 2.19. The molecule has 2 heterocycles. The van der Waals surface area contributed by atoms with Crippen LogP contribution in [0.3, 0.4) is 0 Å². The van der Waals surface area contributed by atoms with Gasteiger partial charge in [-0.2, -0.15) is 0 Å². The Morgan fingerprint density at radius 3 is 3.00 bits per heavy atom. The van der Waals surface area contributed by atoms with Gasteiger partial charge in [0.15, 0.2) is 5.76 Å². The largest absolute Gasteiger partial charge is 0.459 e. The van der Waals surface area contributed by atoms with Crippen molar-refractivity contribution < 1.29 is 14.0 Å². The van der Waals surface area contributed by atoms with Crippen molar-refractivity contribution in [3.8, 4) is 0 Å². The molecule has 98 valence electrons. The summed E-state index contributed by atoms with van der Waals surface area (Å²) in [4.78, 5) is 24.9. The minimum atomic E-state index is -0.190. The summed E-state index contributed by atoms with van der Waals surface area (Å²) in [7, 11) is 0. The van der Waals surface area contributed by atoms with Crippen molar-refractivity contribution in [2.45, 2.75) is 26.2 Å². The lowest BCUT2D eigenvalue weighted by Crippen LogP contribution is -2.30. The van der Waals surface area contributed by atoms with Crippen LogP contribution in [-0.2, 0) is 4.79 Å². The molecule has 0 saturated carbocycles. The van der Waals surface area contributed by atoms with E-state index in [2.05, 4.69) is 5.32 Å². The van der Waals surface area contributed by atoms with Crippen molar-refractivity contribution in [1.29, 1.82) is 0 Å². The second-order valence-electron chi connectivity index (χ2n) is 4.53. The van der Waals surface area contributed by atoms with E-state index in [0.717, 1.165) is 31.5 Å². The molecule has 1 aromatic rings. The summed E-state index contributed by atoms with van der Waals surface area (Å²) in [6, 6.07) is 1.76. The predicted molar refractivity (Wildman–Crippen MR) is 66.2 cm³/mol. The minimum Gasteiger partial charge on any atom is -0.459 e. The summed E-state index contributed by atoms with van der Waals surface area (Å²) in [5, 5.41) is 2.79. The fourth-order valence-electron chi connectivity index (χ4n) is 2.10. The Labute approximate surface area is 106 Å². The monoisotopic (exact) mass is 250 g/mol. The van der Waals surface area contributed by atoms with E-state index in [4.69, 9.17) is 4.42 Å². The van der Waals surface area contributed by atoms with Gasteiger partial charge < -0.3 is 14.6 Å². The molecule has 1 aliphatic heterocycles. The van der Waals surface area contributed by atoms with Gasteiger partial charge in [0.05, 0.1) is 6.26 Å². The number of carbonyl (C=O) groups excluding carboxylic acids is 2. The summed E-state index contributed by atoms with van der Waals surface area (Å²) < 4.78 is 5.10. The SMILES string of the molecule is Cc1ccoc1C(=O)NCCCN1CCCC1=O. The number of amides is 2. The van der Waals surface area contributed by atoms with Crippen LogP contribution in [0.5, 0.6) is 0 Å². The molecule has 0 spiro atoms. The Balaban J connectivity index is 1.68. The maximum Gasteiger partial charge on any atom is 0.287 e. The molecule has 1 aliphatic rings. The lowest BCUT2D eigenvalue weighted by atomic mass is 10.2. The molecule has 2 rings (SSSR count). The number of likely N-dealkylation sites (tertiary alicyclic amines) is 1. The third kappa shape index (κ3) is 2.91. The number of nitrogens with zero attached hydrogens (tertiary/aromatic N) is 1. The smallest absolute Gasteiger partial charge is 0.287 e. The zero-order valence-corrected chi connectivity index (χ0v) is 10.6. The van der Waals surface area contributed by atoms with Gasteiger partial charge in [-0.1, -0.05) is 0 Å². The Morgan fingerprint density at radius 2 is 2.39 bits per heavy atom. The normalized spacial score (nSPS) is 15.2. The molecule has 5 nitrogen and oxygen atoms in total. The van der Waals surface area contributed by atoms with Gasteiger partial charge >= 0.3 is 0 Å². The average Bonchev–Trinajstić information content (AvgIpc) is 2.94. The summed E-state index contributed by atoms with van der Waals surface area (Å²) in [5.41, 5.74) is 0.835. The van der Waals surface area contributed by atoms with Crippen molar-refractivity contribution >= 4 is 11.8 Å². The molecule has 0 radical (unpaired) electrons. The molecule has 0 unspecified atom stereocenters. The van der Waals surface area contributed by atoms with Gasteiger partial charge in [0.2, 0.25) is 5.91 Å². The predicted octanol–water partition coefficient (Wildman–Crippen LogP) is 1.33. The van der Waals surface area contributed by atoms with E-state index in [1.807, 2.05) is 11.8 Å². The summed E-state index contributed by atoms with van der Waals surface area (Å²) in [6.45, 7) is 3.96. The lowest BCUT2D eigenvalue weighted by Gasteiger charge is -2.15. The number of hydrogen-bond acceptors (Lipinski definition) is 3. The standard InChI is InChI=1S/C13H18N2O3/c1-10-5-9-18-12(10)13(17)14-6-3-8-15-7-2-4-11(15)16/h5,9H,2-4,6-8H2,1H3,(H,14,17). The highest BCUT2D eigenvalue weighted by molar-refractivity contribution is 5.92. The van der Waals surface area contributed by atoms with E-state index >= 15 is 0 Å². The fourth-order valence-corrected chi connectivity index (χ4v) is 2.10. The molecular formula is C13H18N2O3. The minimum absolute atomic E-state index is 0.190. The number of hydrogen-bond donors (Lipinski definition) is 1. The number of rotatable bonds is 5. The molecule has 1 aromatic heterocycles. The first kappa shape index (κ1) is 12.7. The first-order valence-electron chi connectivity index (χ1n) is 6.28. The second-order valence-corrected chi connectivity index (χ2v) is 4.53. The maximum absolute atomic E-state index is 11.7. The maximum atomic E-state index is 11.7. The van der Waals surface area contributed by atoms with Crippen LogP contribution in [0.4, 0.5) is 0 Å². The third-order valence-electron chi connectivity index (χ3n) is 3.13.